The van der Waals surface area contributed by atoms with Gasteiger partial charge in [0.1, 0.15) is 6.61 Å². The average Bonchev–Trinajstić information content (AvgIpc) is 2.50. The third-order valence-electron chi connectivity index (χ3n) is 6.48. The summed E-state index contributed by atoms with van der Waals surface area (Å²) < 4.78 is 5.71. The summed E-state index contributed by atoms with van der Waals surface area (Å²) in [4.78, 5) is 12.9. The Morgan fingerprint density at radius 1 is 1.17 bits per heavy atom. The fourth-order valence-electron chi connectivity index (χ4n) is 5.75. The van der Waals surface area contributed by atoms with Gasteiger partial charge in [0.05, 0.1) is 11.0 Å². The first-order valence-corrected chi connectivity index (χ1v) is 9.36. The average molecular weight is 328 g/mol. The number of esters is 1. The Labute approximate surface area is 144 Å². The SMILES string of the molecule is CC(C)c1ccc(COC(=O)C23C[C@@H]4C[C@@H](CC(O)(C4)C2)C3)cc1. The van der Waals surface area contributed by atoms with Crippen LogP contribution in [0.2, 0.25) is 0 Å². The fourth-order valence-corrected chi connectivity index (χ4v) is 5.75. The molecule has 4 saturated carbocycles. The smallest absolute Gasteiger partial charge is 0.312 e. The third kappa shape index (κ3) is 2.77. The lowest BCUT2D eigenvalue weighted by atomic mass is 9.48. The van der Waals surface area contributed by atoms with Crippen molar-refractivity contribution < 1.29 is 14.6 Å². The molecule has 4 fully saturated rings. The van der Waals surface area contributed by atoms with E-state index in [0.29, 0.717) is 30.8 Å². The van der Waals surface area contributed by atoms with Gasteiger partial charge in [-0.2, -0.15) is 0 Å². The minimum atomic E-state index is -0.609. The van der Waals surface area contributed by atoms with Gasteiger partial charge in [-0.3, -0.25) is 4.79 Å². The van der Waals surface area contributed by atoms with Gasteiger partial charge in [-0.25, -0.2) is 0 Å². The van der Waals surface area contributed by atoms with Crippen molar-refractivity contribution in [2.75, 3.05) is 0 Å². The van der Waals surface area contributed by atoms with E-state index in [4.69, 9.17) is 4.74 Å². The lowest BCUT2D eigenvalue weighted by Gasteiger charge is -2.58. The summed E-state index contributed by atoms with van der Waals surface area (Å²) in [6.45, 7) is 4.69. The molecule has 24 heavy (non-hydrogen) atoms. The van der Waals surface area contributed by atoms with Gasteiger partial charge in [0.25, 0.3) is 0 Å². The monoisotopic (exact) mass is 328 g/mol. The van der Waals surface area contributed by atoms with Gasteiger partial charge >= 0.3 is 5.97 Å². The van der Waals surface area contributed by atoms with Crippen molar-refractivity contribution in [3.8, 4) is 0 Å². The van der Waals surface area contributed by atoms with Crippen LogP contribution in [0.5, 0.6) is 0 Å². The quantitative estimate of drug-likeness (QED) is 0.843. The molecule has 0 saturated heterocycles. The molecule has 130 valence electrons. The van der Waals surface area contributed by atoms with Crippen LogP contribution in [0.25, 0.3) is 0 Å². The summed E-state index contributed by atoms with van der Waals surface area (Å²) in [6.07, 6.45) is 5.39. The van der Waals surface area contributed by atoms with Crippen molar-refractivity contribution in [3.63, 3.8) is 0 Å². The number of ether oxygens (including phenoxy) is 1. The van der Waals surface area contributed by atoms with E-state index < -0.39 is 11.0 Å². The third-order valence-corrected chi connectivity index (χ3v) is 6.48. The molecular weight excluding hydrogens is 300 g/mol. The van der Waals surface area contributed by atoms with Gasteiger partial charge in [-0.1, -0.05) is 38.1 Å². The Hall–Kier alpha value is -1.35. The fraction of sp³-hybridized carbons (Fsp3) is 0.667. The molecule has 4 bridgehead atoms. The Bertz CT molecular complexity index is 617. The standard InChI is InChI=1S/C21H28O3/c1-14(2)18-5-3-15(4-6-18)12-24-19(22)20-8-16-7-17(9-20)11-21(23,10-16)13-20/h3-6,14,16-17,23H,7-13H2,1-2H3/t16-,17+,20?,21?. The van der Waals surface area contributed by atoms with Crippen LogP contribution in [0.4, 0.5) is 0 Å². The van der Waals surface area contributed by atoms with Crippen LogP contribution < -0.4 is 0 Å². The highest BCUT2D eigenvalue weighted by Crippen LogP contribution is 2.62. The van der Waals surface area contributed by atoms with Crippen molar-refractivity contribution >= 4 is 5.97 Å². The molecule has 1 aromatic rings. The molecule has 1 N–H and O–H groups in total. The summed E-state index contributed by atoms with van der Waals surface area (Å²) in [5.41, 5.74) is 1.31. The second-order valence-electron chi connectivity index (χ2n) is 8.94. The lowest BCUT2D eigenvalue weighted by Crippen LogP contribution is -2.58. The van der Waals surface area contributed by atoms with E-state index in [9.17, 15) is 9.90 Å². The first kappa shape index (κ1) is 16.1. The summed E-state index contributed by atoms with van der Waals surface area (Å²) in [5.74, 6) is 1.44. The molecule has 1 aromatic carbocycles. The van der Waals surface area contributed by atoms with Crippen LogP contribution in [0.3, 0.4) is 0 Å². The highest BCUT2D eigenvalue weighted by Gasteiger charge is 2.60. The van der Waals surface area contributed by atoms with E-state index in [0.717, 1.165) is 31.2 Å². The number of rotatable bonds is 4. The molecule has 0 spiro atoms. The van der Waals surface area contributed by atoms with Gasteiger partial charge in [0.2, 0.25) is 0 Å². The number of hydrogen-bond acceptors (Lipinski definition) is 3. The second kappa shape index (κ2) is 5.59. The largest absolute Gasteiger partial charge is 0.460 e. The molecule has 0 radical (unpaired) electrons. The Morgan fingerprint density at radius 2 is 1.79 bits per heavy atom. The van der Waals surface area contributed by atoms with E-state index >= 15 is 0 Å². The molecule has 4 aliphatic carbocycles. The van der Waals surface area contributed by atoms with Gasteiger partial charge in [0, 0.05) is 0 Å². The number of carbonyl (C=O) groups is 1. The molecule has 0 aromatic heterocycles. The van der Waals surface area contributed by atoms with Gasteiger partial charge < -0.3 is 9.84 Å². The molecule has 0 amide bonds. The zero-order valence-corrected chi connectivity index (χ0v) is 14.8. The molecule has 4 aliphatic rings. The Kier molecular flexibility index (Phi) is 3.76. The first-order valence-electron chi connectivity index (χ1n) is 9.36. The normalized spacial score (nSPS) is 37.0. The van der Waals surface area contributed by atoms with Gasteiger partial charge in [-0.15, -0.1) is 0 Å². The highest BCUT2D eigenvalue weighted by molar-refractivity contribution is 5.77. The summed E-state index contributed by atoms with van der Waals surface area (Å²) in [6, 6.07) is 8.33. The van der Waals surface area contributed by atoms with Crippen molar-refractivity contribution in [1.82, 2.24) is 0 Å². The maximum Gasteiger partial charge on any atom is 0.312 e. The number of aliphatic hydroxyl groups is 1. The number of benzene rings is 1. The molecule has 3 nitrogen and oxygen atoms in total. The first-order chi connectivity index (χ1) is 11.4. The van der Waals surface area contributed by atoms with Crippen LogP contribution in [0.15, 0.2) is 24.3 Å². The predicted octanol–water partition coefficient (Wildman–Crippen LogP) is 4.18. The van der Waals surface area contributed by atoms with Crippen molar-refractivity contribution in [2.45, 2.75) is 70.5 Å². The highest BCUT2D eigenvalue weighted by atomic mass is 16.5. The topological polar surface area (TPSA) is 46.5 Å². The van der Waals surface area contributed by atoms with Crippen LogP contribution >= 0.6 is 0 Å². The molecule has 3 heteroatoms. The zero-order valence-electron chi connectivity index (χ0n) is 14.8. The van der Waals surface area contributed by atoms with Crippen molar-refractivity contribution in [2.24, 2.45) is 17.3 Å². The van der Waals surface area contributed by atoms with Crippen LogP contribution in [-0.2, 0) is 16.1 Å². The van der Waals surface area contributed by atoms with Crippen LogP contribution in [-0.4, -0.2) is 16.7 Å². The maximum absolute atomic E-state index is 12.9. The molecular formula is C21H28O3. The zero-order chi connectivity index (χ0) is 16.9. The minimum absolute atomic E-state index is 0.0806. The van der Waals surface area contributed by atoms with Gasteiger partial charge in [-0.05, 0) is 67.4 Å². The Balaban J connectivity index is 1.43. The molecule has 4 atom stereocenters. The van der Waals surface area contributed by atoms with Crippen LogP contribution in [0.1, 0.15) is 69.4 Å². The Morgan fingerprint density at radius 3 is 2.33 bits per heavy atom. The lowest BCUT2D eigenvalue weighted by molar-refractivity contribution is -0.197. The summed E-state index contributed by atoms with van der Waals surface area (Å²) in [7, 11) is 0. The van der Waals surface area contributed by atoms with E-state index in [1.165, 1.54) is 12.0 Å². The van der Waals surface area contributed by atoms with Crippen molar-refractivity contribution in [1.29, 1.82) is 0 Å². The number of hydrogen-bond donors (Lipinski definition) is 1. The van der Waals surface area contributed by atoms with E-state index in [-0.39, 0.29) is 5.97 Å². The molecule has 2 unspecified atom stereocenters. The molecule has 5 rings (SSSR count). The van der Waals surface area contributed by atoms with E-state index in [1.807, 2.05) is 0 Å². The second-order valence-corrected chi connectivity index (χ2v) is 8.94. The molecule has 0 aliphatic heterocycles. The predicted molar refractivity (Wildman–Crippen MR) is 92.4 cm³/mol. The van der Waals surface area contributed by atoms with Crippen molar-refractivity contribution in [3.05, 3.63) is 35.4 Å². The van der Waals surface area contributed by atoms with Crippen LogP contribution in [0, 0.1) is 17.3 Å². The molecule has 0 heterocycles. The minimum Gasteiger partial charge on any atom is -0.460 e. The maximum atomic E-state index is 12.9. The van der Waals surface area contributed by atoms with E-state index in [2.05, 4.69) is 38.1 Å². The summed E-state index contributed by atoms with van der Waals surface area (Å²) >= 11 is 0. The number of carbonyl (C=O) groups excluding carboxylic acids is 1. The van der Waals surface area contributed by atoms with E-state index in [1.54, 1.807) is 0 Å². The summed E-state index contributed by atoms with van der Waals surface area (Å²) in [5, 5.41) is 10.8. The van der Waals surface area contributed by atoms with Gasteiger partial charge in [0.15, 0.2) is 0 Å².